The van der Waals surface area contributed by atoms with Gasteiger partial charge in [-0.3, -0.25) is 4.79 Å². The lowest BCUT2D eigenvalue weighted by atomic mass is 9.96. The first-order valence-electron chi connectivity index (χ1n) is 6.54. The van der Waals surface area contributed by atoms with Crippen LogP contribution in [0.5, 0.6) is 0 Å². The van der Waals surface area contributed by atoms with Crippen molar-refractivity contribution in [3.8, 4) is 10.7 Å². The second-order valence-electron chi connectivity index (χ2n) is 5.11. The first-order valence-corrected chi connectivity index (χ1v) is 7.42. The third kappa shape index (κ3) is 2.65. The number of nitrogens with two attached hydrogens (primary N) is 1. The van der Waals surface area contributed by atoms with E-state index < -0.39 is 0 Å². The second kappa shape index (κ2) is 5.20. The molecule has 0 bridgehead atoms. The van der Waals surface area contributed by atoms with E-state index in [0.29, 0.717) is 12.3 Å². The van der Waals surface area contributed by atoms with Crippen molar-refractivity contribution in [2.24, 2.45) is 11.7 Å². The molecular formula is C14H16N4OS. The predicted octanol–water partition coefficient (Wildman–Crippen LogP) is 1.83. The smallest absolute Gasteiger partial charge is 0.217 e. The zero-order valence-electron chi connectivity index (χ0n) is 11.2. The van der Waals surface area contributed by atoms with E-state index in [-0.39, 0.29) is 5.91 Å². The maximum Gasteiger partial charge on any atom is 0.217 e. The van der Waals surface area contributed by atoms with Gasteiger partial charge < -0.3 is 10.6 Å². The summed E-state index contributed by atoms with van der Waals surface area (Å²) in [5.74, 6) is 1.83. The van der Waals surface area contributed by atoms with E-state index in [2.05, 4.69) is 14.9 Å². The number of primary amides is 1. The van der Waals surface area contributed by atoms with E-state index in [1.807, 2.05) is 30.5 Å². The summed E-state index contributed by atoms with van der Waals surface area (Å²) in [6.45, 7) is 3.65. The Labute approximate surface area is 121 Å². The summed E-state index contributed by atoms with van der Waals surface area (Å²) in [6.07, 6.45) is 0.457. The highest BCUT2D eigenvalue weighted by atomic mass is 32.1. The molecule has 20 heavy (non-hydrogen) atoms. The number of nitrogens with zero attached hydrogens (tertiary/aromatic N) is 3. The molecule has 0 unspecified atom stereocenters. The van der Waals surface area contributed by atoms with E-state index in [1.54, 1.807) is 11.3 Å². The van der Waals surface area contributed by atoms with E-state index in [9.17, 15) is 4.79 Å². The molecule has 1 amide bonds. The van der Waals surface area contributed by atoms with Crippen LogP contribution in [0.15, 0.2) is 23.6 Å². The van der Waals surface area contributed by atoms with E-state index in [0.717, 1.165) is 35.3 Å². The van der Waals surface area contributed by atoms with Gasteiger partial charge in [0.15, 0.2) is 5.82 Å². The number of carbonyl (C=O) groups is 1. The molecule has 0 spiro atoms. The van der Waals surface area contributed by atoms with Crippen LogP contribution in [0.3, 0.4) is 0 Å². The Kier molecular flexibility index (Phi) is 3.40. The molecule has 0 aliphatic carbocycles. The van der Waals surface area contributed by atoms with E-state index in [1.165, 1.54) is 0 Å². The van der Waals surface area contributed by atoms with Crippen molar-refractivity contribution in [1.82, 2.24) is 9.97 Å². The van der Waals surface area contributed by atoms with Crippen LogP contribution in [0.2, 0.25) is 0 Å². The van der Waals surface area contributed by atoms with Crippen LogP contribution >= 0.6 is 11.3 Å². The molecule has 1 aliphatic heterocycles. The Morgan fingerprint density at radius 3 is 2.95 bits per heavy atom. The molecule has 6 heteroatoms. The van der Waals surface area contributed by atoms with Gasteiger partial charge in [0.05, 0.1) is 4.88 Å². The van der Waals surface area contributed by atoms with Gasteiger partial charge in [-0.1, -0.05) is 6.07 Å². The van der Waals surface area contributed by atoms with Gasteiger partial charge in [-0.05, 0) is 18.4 Å². The summed E-state index contributed by atoms with van der Waals surface area (Å²) in [5.41, 5.74) is 6.17. The standard InChI is InChI=1S/C14H16N4OS/c1-9-5-13(18-7-10(8-18)6-12(15)19)17-14(16-9)11-3-2-4-20-11/h2-5,10H,6-8H2,1H3,(H2,15,19). The van der Waals surface area contributed by atoms with Gasteiger partial charge in [0.2, 0.25) is 5.91 Å². The molecule has 0 radical (unpaired) electrons. The Morgan fingerprint density at radius 2 is 2.30 bits per heavy atom. The number of aryl methyl sites for hydroxylation is 1. The first kappa shape index (κ1) is 13.1. The summed E-state index contributed by atoms with van der Waals surface area (Å²) >= 11 is 1.64. The summed E-state index contributed by atoms with van der Waals surface area (Å²) in [7, 11) is 0. The predicted molar refractivity (Wildman–Crippen MR) is 79.6 cm³/mol. The highest BCUT2D eigenvalue weighted by molar-refractivity contribution is 7.13. The lowest BCUT2D eigenvalue weighted by Crippen LogP contribution is -2.48. The molecule has 104 valence electrons. The fraction of sp³-hybridized carbons (Fsp3) is 0.357. The Balaban J connectivity index is 1.77. The monoisotopic (exact) mass is 288 g/mol. The number of aromatic nitrogens is 2. The van der Waals surface area contributed by atoms with Gasteiger partial charge in [-0.15, -0.1) is 11.3 Å². The van der Waals surface area contributed by atoms with Crippen LogP contribution < -0.4 is 10.6 Å². The fourth-order valence-corrected chi connectivity index (χ4v) is 3.06. The number of anilines is 1. The van der Waals surface area contributed by atoms with Crippen molar-refractivity contribution >= 4 is 23.1 Å². The molecular weight excluding hydrogens is 272 g/mol. The average Bonchev–Trinajstić information content (AvgIpc) is 2.85. The number of rotatable bonds is 4. The van der Waals surface area contributed by atoms with Crippen molar-refractivity contribution < 1.29 is 4.79 Å². The van der Waals surface area contributed by atoms with E-state index >= 15 is 0 Å². The average molecular weight is 288 g/mol. The molecule has 5 nitrogen and oxygen atoms in total. The maximum atomic E-state index is 10.9. The van der Waals surface area contributed by atoms with Gasteiger partial charge in [0, 0.05) is 37.2 Å². The normalized spacial score (nSPS) is 15.2. The van der Waals surface area contributed by atoms with Gasteiger partial charge in [0.25, 0.3) is 0 Å². The number of hydrogen-bond donors (Lipinski definition) is 1. The van der Waals surface area contributed by atoms with Gasteiger partial charge >= 0.3 is 0 Å². The highest BCUT2D eigenvalue weighted by Gasteiger charge is 2.29. The molecule has 2 N–H and O–H groups in total. The third-order valence-corrected chi connectivity index (χ3v) is 4.22. The molecule has 2 aromatic rings. The van der Waals surface area contributed by atoms with Crippen molar-refractivity contribution in [3.05, 3.63) is 29.3 Å². The maximum absolute atomic E-state index is 10.9. The van der Waals surface area contributed by atoms with Crippen LogP contribution in [0, 0.1) is 12.8 Å². The first-order chi connectivity index (χ1) is 9.61. The van der Waals surface area contributed by atoms with Crippen LogP contribution in [-0.4, -0.2) is 29.0 Å². The Morgan fingerprint density at radius 1 is 1.50 bits per heavy atom. The number of hydrogen-bond acceptors (Lipinski definition) is 5. The highest BCUT2D eigenvalue weighted by Crippen LogP contribution is 2.28. The largest absolute Gasteiger partial charge is 0.370 e. The molecule has 1 aliphatic rings. The van der Waals surface area contributed by atoms with Crippen LogP contribution in [-0.2, 0) is 4.79 Å². The molecule has 3 rings (SSSR count). The SMILES string of the molecule is Cc1cc(N2CC(CC(N)=O)C2)nc(-c2cccs2)n1. The van der Waals surface area contributed by atoms with Gasteiger partial charge in [-0.25, -0.2) is 9.97 Å². The molecule has 1 saturated heterocycles. The summed E-state index contributed by atoms with van der Waals surface area (Å²) in [6, 6.07) is 6.00. The Hall–Kier alpha value is -1.95. The quantitative estimate of drug-likeness (QED) is 0.931. The molecule has 0 saturated carbocycles. The number of carbonyl (C=O) groups excluding carboxylic acids is 1. The second-order valence-corrected chi connectivity index (χ2v) is 6.06. The zero-order chi connectivity index (χ0) is 14.1. The van der Waals surface area contributed by atoms with Crippen molar-refractivity contribution in [3.63, 3.8) is 0 Å². The minimum Gasteiger partial charge on any atom is -0.370 e. The topological polar surface area (TPSA) is 72.1 Å². The van der Waals surface area contributed by atoms with Crippen molar-refractivity contribution in [1.29, 1.82) is 0 Å². The van der Waals surface area contributed by atoms with Crippen LogP contribution in [0.25, 0.3) is 10.7 Å². The summed E-state index contributed by atoms with van der Waals surface area (Å²) in [5, 5.41) is 2.02. The summed E-state index contributed by atoms with van der Waals surface area (Å²) < 4.78 is 0. The molecule has 0 atom stereocenters. The van der Waals surface area contributed by atoms with E-state index in [4.69, 9.17) is 5.73 Å². The third-order valence-electron chi connectivity index (χ3n) is 3.35. The summed E-state index contributed by atoms with van der Waals surface area (Å²) in [4.78, 5) is 23.2. The Bertz CT molecular complexity index is 620. The van der Waals surface area contributed by atoms with Crippen molar-refractivity contribution in [2.45, 2.75) is 13.3 Å². The molecule has 0 aromatic carbocycles. The lowest BCUT2D eigenvalue weighted by Gasteiger charge is -2.39. The van der Waals surface area contributed by atoms with Gasteiger partial charge in [0.1, 0.15) is 5.82 Å². The van der Waals surface area contributed by atoms with Crippen LogP contribution in [0.4, 0.5) is 5.82 Å². The minimum absolute atomic E-state index is 0.229. The molecule has 3 heterocycles. The lowest BCUT2D eigenvalue weighted by molar-refractivity contribution is -0.119. The molecule has 2 aromatic heterocycles. The van der Waals surface area contributed by atoms with Gasteiger partial charge in [-0.2, -0.15) is 0 Å². The fourth-order valence-electron chi connectivity index (χ4n) is 2.40. The zero-order valence-corrected chi connectivity index (χ0v) is 12.1. The number of amides is 1. The number of thiophene rings is 1. The van der Waals surface area contributed by atoms with Crippen LogP contribution in [0.1, 0.15) is 12.1 Å². The molecule has 1 fully saturated rings. The van der Waals surface area contributed by atoms with Crippen molar-refractivity contribution in [2.75, 3.05) is 18.0 Å². The minimum atomic E-state index is -0.229.